The minimum Gasteiger partial charge on any atom is -0.484 e. The van der Waals surface area contributed by atoms with Gasteiger partial charge >= 0.3 is 6.18 Å². The Kier molecular flexibility index (Phi) is 9.05. The minimum absolute atomic E-state index is 0.115. The number of ether oxygens (including phenoxy) is 1. The normalized spacial score (nSPS) is 16.4. The largest absolute Gasteiger partial charge is 0.484 e. The Balaban J connectivity index is 1.46. The molecule has 0 bridgehead atoms. The molecule has 1 saturated heterocycles. The smallest absolute Gasteiger partial charge is 0.422 e. The summed E-state index contributed by atoms with van der Waals surface area (Å²) >= 11 is 0. The molecule has 1 unspecified atom stereocenters. The van der Waals surface area contributed by atoms with Gasteiger partial charge in [-0.3, -0.25) is 0 Å². The predicted molar refractivity (Wildman–Crippen MR) is 119 cm³/mol. The fourth-order valence-electron chi connectivity index (χ4n) is 3.65. The van der Waals surface area contributed by atoms with Gasteiger partial charge in [0.1, 0.15) is 11.6 Å². The molecule has 0 spiro atoms. The van der Waals surface area contributed by atoms with E-state index in [0.717, 1.165) is 5.69 Å². The predicted octanol–water partition coefficient (Wildman–Crippen LogP) is 2.24. The van der Waals surface area contributed by atoms with E-state index in [0.29, 0.717) is 38.2 Å². The molecule has 2 N–H and O–H groups in total. The van der Waals surface area contributed by atoms with E-state index in [1.54, 1.807) is 30.6 Å². The van der Waals surface area contributed by atoms with Crippen molar-refractivity contribution >= 4 is 15.7 Å². The van der Waals surface area contributed by atoms with Crippen LogP contribution in [0.5, 0.6) is 5.75 Å². The second-order valence-electron chi connectivity index (χ2n) is 7.95. The molecule has 3 rings (SSSR count). The molecule has 0 radical (unpaired) electrons. The molecule has 0 amide bonds. The van der Waals surface area contributed by atoms with Gasteiger partial charge in [-0.15, -0.1) is 0 Å². The number of hydrogen-bond acceptors (Lipinski definition) is 8. The van der Waals surface area contributed by atoms with E-state index in [9.17, 15) is 26.8 Å². The average molecular weight is 504 g/mol. The fourth-order valence-corrected chi connectivity index (χ4v) is 5.33. The number of hydrogen-bond donors (Lipinski definition) is 2. The van der Waals surface area contributed by atoms with Crippen LogP contribution in [0.1, 0.15) is 18.7 Å². The highest BCUT2D eigenvalue weighted by Crippen LogP contribution is 2.23. The molecule has 1 fully saturated rings. The summed E-state index contributed by atoms with van der Waals surface area (Å²) in [6.45, 7) is 0.0526. The third-order valence-corrected chi connectivity index (χ3v) is 7.38. The van der Waals surface area contributed by atoms with Crippen LogP contribution >= 0.6 is 0 Å². The quantitative estimate of drug-likeness (QED) is 0.450. The van der Waals surface area contributed by atoms with Gasteiger partial charge in [0.2, 0.25) is 10.0 Å². The van der Waals surface area contributed by atoms with Gasteiger partial charge < -0.3 is 14.8 Å². The van der Waals surface area contributed by atoms with Gasteiger partial charge in [-0.05, 0) is 43.2 Å². The van der Waals surface area contributed by atoms with Crippen molar-refractivity contribution in [1.82, 2.24) is 19.8 Å². The van der Waals surface area contributed by atoms with Crippen molar-refractivity contribution in [3.63, 3.8) is 0 Å². The summed E-state index contributed by atoms with van der Waals surface area (Å²) in [4.78, 5) is 10.2. The molecule has 34 heavy (non-hydrogen) atoms. The number of nitrogens with zero attached hydrogens (tertiary/aromatic N) is 4. The molecule has 1 aliphatic heterocycles. The second-order valence-corrected chi connectivity index (χ2v) is 9.96. The number of rotatable bonds is 11. The maximum atomic E-state index is 12.9. The first-order chi connectivity index (χ1) is 16.2. The summed E-state index contributed by atoms with van der Waals surface area (Å²) in [7, 11) is -3.60. The number of halogens is 3. The van der Waals surface area contributed by atoms with Gasteiger partial charge in [-0.2, -0.15) is 17.5 Å². The number of anilines is 1. The molecule has 2 aromatic rings. The Morgan fingerprint density at radius 2 is 1.74 bits per heavy atom. The lowest BCUT2D eigenvalue weighted by Gasteiger charge is -2.36. The van der Waals surface area contributed by atoms with Crippen LogP contribution in [0.4, 0.5) is 18.9 Å². The number of alkyl halides is 3. The SMILES string of the molecule is O=S(=O)(CC(CCCc1ncccn1)NO)N1CCN(c2ccc(OCC(F)(F)F)cc2)CC1. The Labute approximate surface area is 196 Å². The van der Waals surface area contributed by atoms with E-state index < -0.39 is 28.8 Å². The third kappa shape index (κ3) is 8.08. The lowest BCUT2D eigenvalue weighted by molar-refractivity contribution is -0.153. The van der Waals surface area contributed by atoms with Gasteiger partial charge in [0.15, 0.2) is 6.61 Å². The highest BCUT2D eigenvalue weighted by atomic mass is 32.2. The number of aromatic nitrogens is 2. The van der Waals surface area contributed by atoms with Crippen LogP contribution in [0.2, 0.25) is 0 Å². The van der Waals surface area contributed by atoms with Crippen molar-refractivity contribution in [1.29, 1.82) is 0 Å². The first-order valence-corrected chi connectivity index (χ1v) is 12.4. The molecular weight excluding hydrogens is 475 g/mol. The first kappa shape index (κ1) is 26.1. The van der Waals surface area contributed by atoms with Crippen molar-refractivity contribution in [2.24, 2.45) is 0 Å². The summed E-state index contributed by atoms with van der Waals surface area (Å²) in [5, 5.41) is 9.44. The number of hydroxylamine groups is 1. The molecule has 188 valence electrons. The van der Waals surface area contributed by atoms with Gasteiger partial charge in [0.05, 0.1) is 5.75 Å². The van der Waals surface area contributed by atoms with Gasteiger partial charge in [0.25, 0.3) is 0 Å². The summed E-state index contributed by atoms with van der Waals surface area (Å²) in [6, 6.07) is 7.33. The topological polar surface area (TPSA) is 108 Å². The number of sulfonamides is 1. The molecule has 0 saturated carbocycles. The van der Waals surface area contributed by atoms with Crippen molar-refractivity contribution < 1.29 is 31.5 Å². The molecule has 0 aliphatic carbocycles. The van der Waals surface area contributed by atoms with Crippen molar-refractivity contribution in [2.75, 3.05) is 43.4 Å². The lowest BCUT2D eigenvalue weighted by atomic mass is 10.1. The second kappa shape index (κ2) is 11.8. The lowest BCUT2D eigenvalue weighted by Crippen LogP contribution is -2.51. The van der Waals surface area contributed by atoms with E-state index in [-0.39, 0.29) is 24.6 Å². The number of aryl methyl sites for hydroxylation is 1. The van der Waals surface area contributed by atoms with Crippen LogP contribution in [-0.4, -0.2) is 78.7 Å². The summed E-state index contributed by atoms with van der Waals surface area (Å²) in [5.74, 6) is 0.548. The molecule has 9 nitrogen and oxygen atoms in total. The molecule has 2 heterocycles. The van der Waals surface area contributed by atoms with Crippen molar-refractivity contribution in [2.45, 2.75) is 31.5 Å². The van der Waals surface area contributed by atoms with E-state index in [4.69, 9.17) is 4.74 Å². The Morgan fingerprint density at radius 1 is 1.09 bits per heavy atom. The summed E-state index contributed by atoms with van der Waals surface area (Å²) in [5.41, 5.74) is 2.88. The highest BCUT2D eigenvalue weighted by Gasteiger charge is 2.30. The molecule has 1 aromatic carbocycles. The number of benzene rings is 1. The Hall–Kier alpha value is -2.48. The highest BCUT2D eigenvalue weighted by molar-refractivity contribution is 7.89. The van der Waals surface area contributed by atoms with Crippen LogP contribution in [0.25, 0.3) is 0 Å². The number of piperazine rings is 1. The fraction of sp³-hybridized carbons (Fsp3) is 0.524. The van der Waals surface area contributed by atoms with E-state index in [1.807, 2.05) is 4.90 Å². The zero-order chi connectivity index (χ0) is 24.6. The minimum atomic E-state index is -4.40. The van der Waals surface area contributed by atoms with E-state index in [2.05, 4.69) is 15.4 Å². The zero-order valence-electron chi connectivity index (χ0n) is 18.5. The van der Waals surface area contributed by atoms with E-state index in [1.165, 1.54) is 16.4 Å². The maximum Gasteiger partial charge on any atom is 0.422 e. The average Bonchev–Trinajstić information content (AvgIpc) is 2.82. The molecule has 13 heteroatoms. The van der Waals surface area contributed by atoms with Crippen molar-refractivity contribution in [3.8, 4) is 5.75 Å². The molecule has 1 atom stereocenters. The third-order valence-electron chi connectivity index (χ3n) is 5.40. The van der Waals surface area contributed by atoms with Crippen LogP contribution in [0.3, 0.4) is 0 Å². The zero-order valence-corrected chi connectivity index (χ0v) is 19.3. The van der Waals surface area contributed by atoms with Crippen LogP contribution in [0, 0.1) is 0 Å². The Bertz CT molecular complexity index is 986. The van der Waals surface area contributed by atoms with Crippen LogP contribution in [-0.2, 0) is 16.4 Å². The van der Waals surface area contributed by atoms with Gasteiger partial charge in [-0.25, -0.2) is 23.9 Å². The maximum absolute atomic E-state index is 12.9. The monoisotopic (exact) mass is 503 g/mol. The van der Waals surface area contributed by atoms with Crippen molar-refractivity contribution in [3.05, 3.63) is 48.5 Å². The standard InChI is InChI=1S/C21H28F3N5O4S/c22-21(23,24)16-33-19-7-5-18(6-8-19)28-11-13-29(14-12-28)34(31,32)15-17(27-30)3-1-4-20-25-9-2-10-26-20/h2,5-10,17,27,30H,1,3-4,11-16H2. The summed E-state index contributed by atoms with van der Waals surface area (Å²) in [6.07, 6.45) is 0.526. The van der Waals surface area contributed by atoms with E-state index >= 15 is 0 Å². The number of nitrogens with one attached hydrogen (secondary N) is 1. The van der Waals surface area contributed by atoms with Crippen LogP contribution < -0.4 is 15.1 Å². The van der Waals surface area contributed by atoms with Gasteiger partial charge in [-0.1, -0.05) is 0 Å². The molecular formula is C21H28F3N5O4S. The Morgan fingerprint density at radius 3 is 2.32 bits per heavy atom. The van der Waals surface area contributed by atoms with Gasteiger partial charge in [0, 0.05) is 56.7 Å². The summed E-state index contributed by atoms with van der Waals surface area (Å²) < 4.78 is 68.6. The molecule has 1 aromatic heterocycles. The first-order valence-electron chi connectivity index (χ1n) is 10.8. The molecule has 1 aliphatic rings. The van der Waals surface area contributed by atoms with Crippen LogP contribution in [0.15, 0.2) is 42.7 Å².